The summed E-state index contributed by atoms with van der Waals surface area (Å²) < 4.78 is 30.0. The summed E-state index contributed by atoms with van der Waals surface area (Å²) in [5.41, 5.74) is 1.44. The van der Waals surface area contributed by atoms with E-state index >= 15 is 0 Å². The highest BCUT2D eigenvalue weighted by molar-refractivity contribution is 7.53. The normalized spacial score (nSPS) is 11.8. The molecule has 0 fully saturated rings. The third-order valence-electron chi connectivity index (χ3n) is 3.06. The lowest BCUT2D eigenvalue weighted by atomic mass is 10.3. The smallest absolute Gasteiger partial charge is 0.358 e. The van der Waals surface area contributed by atoms with Crippen molar-refractivity contribution < 1.29 is 23.1 Å². The second kappa shape index (κ2) is 7.73. The third-order valence-corrected chi connectivity index (χ3v) is 5.09. The van der Waals surface area contributed by atoms with Crippen molar-refractivity contribution in [2.24, 2.45) is 0 Å². The fourth-order valence-corrected chi connectivity index (χ4v) is 3.94. The predicted octanol–water partition coefficient (Wildman–Crippen LogP) is 3.28. The first-order valence-corrected chi connectivity index (χ1v) is 9.27. The first-order valence-electron chi connectivity index (χ1n) is 7.54. The maximum absolute atomic E-state index is 12.7. The number of aromatic nitrogens is 2. The molecule has 2 rings (SSSR count). The number of imidazole rings is 1. The molecule has 0 aliphatic rings. The summed E-state index contributed by atoms with van der Waals surface area (Å²) in [7, 11) is -3.24. The molecule has 0 atom stereocenters. The number of carbonyl (C=O) groups is 1. The summed E-state index contributed by atoms with van der Waals surface area (Å²) in [6.45, 7) is 6.14. The van der Waals surface area contributed by atoms with Crippen LogP contribution in [-0.2, 0) is 24.5 Å². The van der Waals surface area contributed by atoms with E-state index in [1.807, 2.05) is 0 Å². The first-order chi connectivity index (χ1) is 11.0. The molecule has 0 saturated heterocycles. The van der Waals surface area contributed by atoms with Gasteiger partial charge in [-0.25, -0.2) is 9.78 Å². The van der Waals surface area contributed by atoms with E-state index in [9.17, 15) is 9.36 Å². The topological polar surface area (TPSA) is 79.1 Å². The number of hydrogen-bond acceptors (Lipinski definition) is 6. The highest BCUT2D eigenvalue weighted by atomic mass is 31.2. The van der Waals surface area contributed by atoms with E-state index in [0.717, 1.165) is 0 Å². The number of fused-ring (bicyclic) bond motifs is 1. The summed E-state index contributed by atoms with van der Waals surface area (Å²) >= 11 is 0. The molecule has 8 heteroatoms. The van der Waals surface area contributed by atoms with E-state index < -0.39 is 13.6 Å². The van der Waals surface area contributed by atoms with Crippen LogP contribution >= 0.6 is 7.60 Å². The predicted molar refractivity (Wildman–Crippen MR) is 85.7 cm³/mol. The van der Waals surface area contributed by atoms with Gasteiger partial charge in [-0.15, -0.1) is 0 Å². The van der Waals surface area contributed by atoms with Crippen LogP contribution in [0, 0.1) is 0 Å². The van der Waals surface area contributed by atoms with Gasteiger partial charge in [0.15, 0.2) is 5.69 Å². The molecule has 0 saturated carbocycles. The van der Waals surface area contributed by atoms with Gasteiger partial charge in [0.2, 0.25) is 0 Å². The van der Waals surface area contributed by atoms with Crippen LogP contribution in [0.1, 0.15) is 36.8 Å². The Labute approximate surface area is 135 Å². The number of esters is 1. The van der Waals surface area contributed by atoms with Crippen molar-refractivity contribution in [1.29, 1.82) is 0 Å². The van der Waals surface area contributed by atoms with Gasteiger partial charge < -0.3 is 18.2 Å². The van der Waals surface area contributed by atoms with Crippen molar-refractivity contribution in [1.82, 2.24) is 9.38 Å². The fraction of sp³-hybridized carbons (Fsp3) is 0.467. The van der Waals surface area contributed by atoms with Crippen molar-refractivity contribution in [3.8, 4) is 0 Å². The molecule has 2 aromatic heterocycles. The molecule has 0 N–H and O–H groups in total. The van der Waals surface area contributed by atoms with Crippen LogP contribution in [0.5, 0.6) is 0 Å². The van der Waals surface area contributed by atoms with Gasteiger partial charge in [-0.1, -0.05) is 6.07 Å². The Hall–Kier alpha value is -1.69. The van der Waals surface area contributed by atoms with Crippen molar-refractivity contribution in [2.45, 2.75) is 26.9 Å². The van der Waals surface area contributed by atoms with Gasteiger partial charge in [0.1, 0.15) is 5.65 Å². The minimum Gasteiger partial charge on any atom is -0.461 e. The number of pyridine rings is 1. The first kappa shape index (κ1) is 17.7. The molecular formula is C15H21N2O5P. The van der Waals surface area contributed by atoms with Crippen LogP contribution in [0.25, 0.3) is 5.65 Å². The molecule has 7 nitrogen and oxygen atoms in total. The average Bonchev–Trinajstić information content (AvgIpc) is 2.93. The quantitative estimate of drug-likeness (QED) is 0.542. The lowest BCUT2D eigenvalue weighted by Crippen LogP contribution is -2.04. The van der Waals surface area contributed by atoms with E-state index in [0.29, 0.717) is 24.4 Å². The summed E-state index contributed by atoms with van der Waals surface area (Å²) in [5.74, 6) is -0.486. The van der Waals surface area contributed by atoms with Crippen LogP contribution in [0.15, 0.2) is 24.5 Å². The zero-order valence-corrected chi connectivity index (χ0v) is 14.4. The summed E-state index contributed by atoms with van der Waals surface area (Å²) in [6, 6.07) is 3.59. The van der Waals surface area contributed by atoms with E-state index in [2.05, 4.69) is 4.98 Å². The molecule has 126 valence electrons. The Morgan fingerprint density at radius 1 is 1.22 bits per heavy atom. The second-order valence-electron chi connectivity index (χ2n) is 4.72. The van der Waals surface area contributed by atoms with Crippen molar-refractivity contribution in [3.05, 3.63) is 35.8 Å². The molecule has 0 aliphatic heterocycles. The van der Waals surface area contributed by atoms with Crippen LogP contribution in [0.3, 0.4) is 0 Å². The summed E-state index contributed by atoms with van der Waals surface area (Å²) in [4.78, 5) is 16.1. The molecule has 0 spiro atoms. The van der Waals surface area contributed by atoms with Gasteiger partial charge in [-0.05, 0) is 26.8 Å². The van der Waals surface area contributed by atoms with Crippen LogP contribution in [0.4, 0.5) is 0 Å². The third kappa shape index (κ3) is 4.19. The Morgan fingerprint density at radius 2 is 1.91 bits per heavy atom. The number of ether oxygens (including phenoxy) is 1. The lowest BCUT2D eigenvalue weighted by Gasteiger charge is -2.17. The number of carbonyl (C=O) groups excluding carboxylic acids is 1. The lowest BCUT2D eigenvalue weighted by molar-refractivity contribution is 0.0520. The second-order valence-corrected chi connectivity index (χ2v) is 6.77. The molecule has 0 bridgehead atoms. The minimum absolute atomic E-state index is 0.0955. The van der Waals surface area contributed by atoms with Crippen molar-refractivity contribution >= 4 is 19.2 Å². The van der Waals surface area contributed by atoms with E-state index in [1.54, 1.807) is 49.7 Å². The Morgan fingerprint density at radius 3 is 2.52 bits per heavy atom. The molecule has 0 unspecified atom stereocenters. The largest absolute Gasteiger partial charge is 0.461 e. The van der Waals surface area contributed by atoms with E-state index in [4.69, 9.17) is 13.8 Å². The van der Waals surface area contributed by atoms with Gasteiger partial charge in [0, 0.05) is 18.0 Å². The van der Waals surface area contributed by atoms with Crippen LogP contribution in [-0.4, -0.2) is 35.2 Å². The van der Waals surface area contributed by atoms with Crippen molar-refractivity contribution in [2.75, 3.05) is 19.8 Å². The monoisotopic (exact) mass is 340 g/mol. The molecular weight excluding hydrogens is 319 g/mol. The zero-order valence-electron chi connectivity index (χ0n) is 13.5. The van der Waals surface area contributed by atoms with Gasteiger partial charge >= 0.3 is 13.6 Å². The maximum Gasteiger partial charge on any atom is 0.358 e. The van der Waals surface area contributed by atoms with Gasteiger partial charge in [-0.2, -0.15) is 0 Å². The Kier molecular flexibility index (Phi) is 5.93. The van der Waals surface area contributed by atoms with Crippen LogP contribution < -0.4 is 0 Å². The summed E-state index contributed by atoms with van der Waals surface area (Å²) in [5, 5.41) is 0. The fourth-order valence-electron chi connectivity index (χ4n) is 2.23. The Bertz CT molecular complexity index is 718. The molecule has 2 aromatic rings. The molecule has 2 heterocycles. The highest BCUT2D eigenvalue weighted by Gasteiger charge is 2.26. The standard InChI is InChI=1S/C15H21N2O5P/c1-4-20-15(18)13-10-17-9-7-8-12(14(17)16-13)11-23(19,21-5-2)22-6-3/h7-10H,4-6,11H2,1-3H3. The number of rotatable bonds is 8. The average molecular weight is 340 g/mol. The molecule has 0 aliphatic carbocycles. The molecule has 23 heavy (non-hydrogen) atoms. The number of nitrogens with zero attached hydrogens (tertiary/aromatic N) is 2. The van der Waals surface area contributed by atoms with Crippen LogP contribution in [0.2, 0.25) is 0 Å². The highest BCUT2D eigenvalue weighted by Crippen LogP contribution is 2.51. The molecule has 0 amide bonds. The number of hydrogen-bond donors (Lipinski definition) is 0. The molecule has 0 aromatic carbocycles. The minimum atomic E-state index is -3.24. The Balaban J connectivity index is 2.37. The van der Waals surface area contributed by atoms with Gasteiger partial charge in [0.25, 0.3) is 0 Å². The van der Waals surface area contributed by atoms with E-state index in [-0.39, 0.29) is 18.5 Å². The van der Waals surface area contributed by atoms with Gasteiger partial charge in [-0.3, -0.25) is 4.57 Å². The zero-order chi connectivity index (χ0) is 16.9. The summed E-state index contributed by atoms with van der Waals surface area (Å²) in [6.07, 6.45) is 3.45. The maximum atomic E-state index is 12.7. The van der Waals surface area contributed by atoms with E-state index in [1.165, 1.54) is 0 Å². The molecule has 0 radical (unpaired) electrons. The SMILES string of the molecule is CCOC(=O)c1cn2cccc(CP(=O)(OCC)OCC)c2n1. The van der Waals surface area contributed by atoms with Crippen molar-refractivity contribution in [3.63, 3.8) is 0 Å². The van der Waals surface area contributed by atoms with Gasteiger partial charge in [0.05, 0.1) is 26.0 Å².